The lowest BCUT2D eigenvalue weighted by Crippen LogP contribution is -2.34. The zero-order valence-electron chi connectivity index (χ0n) is 9.99. The third-order valence-electron chi connectivity index (χ3n) is 3.41. The molecule has 1 aromatic carbocycles. The molecule has 1 aliphatic heterocycles. The number of carbonyl (C=O) groups excluding carboxylic acids is 1. The summed E-state index contributed by atoms with van der Waals surface area (Å²) in [6.45, 7) is 4.94. The molecule has 2 nitrogen and oxygen atoms in total. The van der Waals surface area contributed by atoms with E-state index in [1.165, 1.54) is 18.4 Å². The van der Waals surface area contributed by atoms with Gasteiger partial charge in [-0.3, -0.25) is 4.79 Å². The molecule has 1 N–H and O–H groups in total. The molecule has 0 aliphatic carbocycles. The third kappa shape index (κ3) is 2.50. The molecule has 1 aromatic rings. The number of carbonyl (C=O) groups is 1. The zero-order chi connectivity index (χ0) is 11.5. The molecule has 16 heavy (non-hydrogen) atoms. The van der Waals surface area contributed by atoms with E-state index in [2.05, 4.69) is 24.4 Å². The third-order valence-corrected chi connectivity index (χ3v) is 3.41. The standard InChI is InChI=1S/C14H19NO/c1-10-9-14(7-8-15-10)13-5-3-12(4-6-13)11(2)16/h3-6,10,14-15H,7-9H2,1-2H3. The van der Waals surface area contributed by atoms with Crippen LogP contribution in [0.4, 0.5) is 0 Å². The van der Waals surface area contributed by atoms with Crippen molar-refractivity contribution in [2.75, 3.05) is 6.54 Å². The Bertz CT molecular complexity index is 369. The maximum absolute atomic E-state index is 11.2. The Morgan fingerprint density at radius 2 is 2.00 bits per heavy atom. The number of hydrogen-bond acceptors (Lipinski definition) is 2. The van der Waals surface area contributed by atoms with Crippen molar-refractivity contribution in [2.45, 2.75) is 38.6 Å². The first-order chi connectivity index (χ1) is 7.66. The predicted molar refractivity (Wildman–Crippen MR) is 65.9 cm³/mol. The number of benzene rings is 1. The highest BCUT2D eigenvalue weighted by Crippen LogP contribution is 2.27. The second-order valence-electron chi connectivity index (χ2n) is 4.75. The molecule has 0 radical (unpaired) electrons. The van der Waals surface area contributed by atoms with Gasteiger partial charge in [0.25, 0.3) is 0 Å². The van der Waals surface area contributed by atoms with E-state index >= 15 is 0 Å². The molecule has 2 unspecified atom stereocenters. The van der Waals surface area contributed by atoms with Crippen LogP contribution in [0.5, 0.6) is 0 Å². The number of hydrogen-bond donors (Lipinski definition) is 1. The van der Waals surface area contributed by atoms with Crippen LogP contribution >= 0.6 is 0 Å². The molecule has 1 aliphatic rings. The molecule has 2 heteroatoms. The van der Waals surface area contributed by atoms with Crippen LogP contribution in [0.25, 0.3) is 0 Å². The lowest BCUT2D eigenvalue weighted by atomic mass is 9.86. The molecule has 2 rings (SSSR count). The minimum atomic E-state index is 0.144. The Labute approximate surface area is 97.1 Å². The van der Waals surface area contributed by atoms with Crippen LogP contribution in [0.15, 0.2) is 24.3 Å². The SMILES string of the molecule is CC(=O)c1ccc(C2CCNC(C)C2)cc1. The fraction of sp³-hybridized carbons (Fsp3) is 0.500. The van der Waals surface area contributed by atoms with Crippen molar-refractivity contribution in [3.05, 3.63) is 35.4 Å². The van der Waals surface area contributed by atoms with Crippen LogP contribution in [0, 0.1) is 0 Å². The fourth-order valence-electron chi connectivity index (χ4n) is 2.42. The van der Waals surface area contributed by atoms with Gasteiger partial charge in [0.1, 0.15) is 0 Å². The van der Waals surface area contributed by atoms with Crippen molar-refractivity contribution >= 4 is 5.78 Å². The Hall–Kier alpha value is -1.15. The highest BCUT2D eigenvalue weighted by molar-refractivity contribution is 5.94. The number of ketones is 1. The molecule has 2 atom stereocenters. The van der Waals surface area contributed by atoms with Crippen LogP contribution in [-0.4, -0.2) is 18.4 Å². The van der Waals surface area contributed by atoms with Gasteiger partial charge in [0.05, 0.1) is 0 Å². The van der Waals surface area contributed by atoms with Gasteiger partial charge in [-0.15, -0.1) is 0 Å². The summed E-state index contributed by atoms with van der Waals surface area (Å²) < 4.78 is 0. The highest BCUT2D eigenvalue weighted by atomic mass is 16.1. The summed E-state index contributed by atoms with van der Waals surface area (Å²) in [5.74, 6) is 0.794. The monoisotopic (exact) mass is 217 g/mol. The minimum absolute atomic E-state index is 0.144. The summed E-state index contributed by atoms with van der Waals surface area (Å²) in [6, 6.07) is 8.72. The van der Waals surface area contributed by atoms with E-state index in [-0.39, 0.29) is 5.78 Å². The average Bonchev–Trinajstić information content (AvgIpc) is 2.29. The van der Waals surface area contributed by atoms with Gasteiger partial charge >= 0.3 is 0 Å². The van der Waals surface area contributed by atoms with Gasteiger partial charge in [-0.1, -0.05) is 24.3 Å². The van der Waals surface area contributed by atoms with Crippen LogP contribution < -0.4 is 5.32 Å². The van der Waals surface area contributed by atoms with Crippen molar-refractivity contribution in [3.63, 3.8) is 0 Å². The molecule has 0 saturated carbocycles. The van der Waals surface area contributed by atoms with Crippen molar-refractivity contribution < 1.29 is 4.79 Å². The summed E-state index contributed by atoms with van der Waals surface area (Å²) in [5, 5.41) is 3.46. The van der Waals surface area contributed by atoms with Gasteiger partial charge in [0.2, 0.25) is 0 Å². The van der Waals surface area contributed by atoms with Crippen LogP contribution in [0.2, 0.25) is 0 Å². The Morgan fingerprint density at radius 1 is 1.31 bits per heavy atom. The highest BCUT2D eigenvalue weighted by Gasteiger charge is 2.19. The van der Waals surface area contributed by atoms with Crippen LogP contribution in [0.1, 0.15) is 48.5 Å². The van der Waals surface area contributed by atoms with Crippen molar-refractivity contribution in [3.8, 4) is 0 Å². The molecule has 0 aromatic heterocycles. The summed E-state index contributed by atoms with van der Waals surface area (Å²) in [4.78, 5) is 11.2. The molecule has 0 spiro atoms. The Balaban J connectivity index is 2.11. The van der Waals surface area contributed by atoms with Gasteiger partial charge in [-0.2, -0.15) is 0 Å². The maximum Gasteiger partial charge on any atom is 0.159 e. The number of nitrogens with one attached hydrogen (secondary N) is 1. The smallest absolute Gasteiger partial charge is 0.159 e. The van der Waals surface area contributed by atoms with E-state index in [4.69, 9.17) is 0 Å². The van der Waals surface area contributed by atoms with Crippen LogP contribution in [-0.2, 0) is 0 Å². The number of piperidine rings is 1. The van der Waals surface area contributed by atoms with E-state index in [0.29, 0.717) is 12.0 Å². The van der Waals surface area contributed by atoms with E-state index in [1.54, 1.807) is 6.92 Å². The normalized spacial score (nSPS) is 25.4. The van der Waals surface area contributed by atoms with Gasteiger partial charge < -0.3 is 5.32 Å². The second-order valence-corrected chi connectivity index (χ2v) is 4.75. The molecule has 0 amide bonds. The van der Waals surface area contributed by atoms with E-state index < -0.39 is 0 Å². The van der Waals surface area contributed by atoms with Crippen LogP contribution in [0.3, 0.4) is 0 Å². The Morgan fingerprint density at radius 3 is 2.56 bits per heavy atom. The lowest BCUT2D eigenvalue weighted by Gasteiger charge is -2.28. The van der Waals surface area contributed by atoms with E-state index in [1.807, 2.05) is 12.1 Å². The average molecular weight is 217 g/mol. The maximum atomic E-state index is 11.2. The number of rotatable bonds is 2. The van der Waals surface area contributed by atoms with Gasteiger partial charge in [0, 0.05) is 11.6 Å². The molecular weight excluding hydrogens is 198 g/mol. The first kappa shape index (κ1) is 11.3. The van der Waals surface area contributed by atoms with Gasteiger partial charge in [0.15, 0.2) is 5.78 Å². The second kappa shape index (κ2) is 4.79. The quantitative estimate of drug-likeness (QED) is 0.772. The van der Waals surface area contributed by atoms with Crippen molar-refractivity contribution in [2.24, 2.45) is 0 Å². The van der Waals surface area contributed by atoms with E-state index in [0.717, 1.165) is 12.1 Å². The first-order valence-corrected chi connectivity index (χ1v) is 6.01. The predicted octanol–water partition coefficient (Wildman–Crippen LogP) is 2.74. The van der Waals surface area contributed by atoms with Gasteiger partial charge in [-0.25, -0.2) is 0 Å². The molecule has 1 saturated heterocycles. The summed E-state index contributed by atoms with van der Waals surface area (Å²) in [6.07, 6.45) is 2.39. The first-order valence-electron chi connectivity index (χ1n) is 6.01. The molecule has 86 valence electrons. The largest absolute Gasteiger partial charge is 0.314 e. The fourth-order valence-corrected chi connectivity index (χ4v) is 2.42. The Kier molecular flexibility index (Phi) is 3.39. The minimum Gasteiger partial charge on any atom is -0.314 e. The van der Waals surface area contributed by atoms with Gasteiger partial charge in [-0.05, 0) is 44.7 Å². The molecule has 1 fully saturated rings. The summed E-state index contributed by atoms with van der Waals surface area (Å²) in [5.41, 5.74) is 2.18. The molecule has 1 heterocycles. The summed E-state index contributed by atoms with van der Waals surface area (Å²) >= 11 is 0. The summed E-state index contributed by atoms with van der Waals surface area (Å²) in [7, 11) is 0. The zero-order valence-corrected chi connectivity index (χ0v) is 9.99. The topological polar surface area (TPSA) is 29.1 Å². The van der Waals surface area contributed by atoms with Crippen molar-refractivity contribution in [1.29, 1.82) is 0 Å². The lowest BCUT2D eigenvalue weighted by molar-refractivity contribution is 0.101. The van der Waals surface area contributed by atoms with E-state index in [9.17, 15) is 4.79 Å². The molecule has 0 bridgehead atoms. The number of Topliss-reactive ketones (excluding diaryl/α,β-unsaturated/α-hetero) is 1. The van der Waals surface area contributed by atoms with Crippen molar-refractivity contribution in [1.82, 2.24) is 5.32 Å². The molecular formula is C14H19NO.